The summed E-state index contributed by atoms with van der Waals surface area (Å²) < 4.78 is 5.57. The highest BCUT2D eigenvalue weighted by Crippen LogP contribution is 2.25. The fourth-order valence-corrected chi connectivity index (χ4v) is 1.93. The summed E-state index contributed by atoms with van der Waals surface area (Å²) >= 11 is 6.00. The summed E-state index contributed by atoms with van der Waals surface area (Å²) in [6.45, 7) is 3.88. The second-order valence-electron chi connectivity index (χ2n) is 4.06. The minimum atomic E-state index is 0.364. The monoisotopic (exact) mass is 256 g/mol. The van der Waals surface area contributed by atoms with Crippen LogP contribution in [0.3, 0.4) is 0 Å². The van der Waals surface area contributed by atoms with Crippen molar-refractivity contribution in [2.75, 3.05) is 19.7 Å². The number of nitrogens with two attached hydrogens (primary N) is 2. The lowest BCUT2D eigenvalue weighted by Crippen LogP contribution is -2.23. The molecule has 4 heteroatoms. The maximum absolute atomic E-state index is 6.00. The van der Waals surface area contributed by atoms with E-state index in [4.69, 9.17) is 27.8 Å². The van der Waals surface area contributed by atoms with Crippen molar-refractivity contribution in [3.05, 3.63) is 28.8 Å². The van der Waals surface area contributed by atoms with Crippen LogP contribution in [0, 0.1) is 5.92 Å². The van der Waals surface area contributed by atoms with E-state index in [0.29, 0.717) is 25.6 Å². The predicted octanol–water partition coefficient (Wildman–Crippen LogP) is 2.20. The molecule has 96 valence electrons. The maximum Gasteiger partial charge on any atom is 0.122 e. The number of hydrogen-bond donors (Lipinski definition) is 2. The lowest BCUT2D eigenvalue weighted by molar-refractivity contribution is 0.335. The van der Waals surface area contributed by atoms with Gasteiger partial charge in [0, 0.05) is 5.02 Å². The zero-order valence-corrected chi connectivity index (χ0v) is 11.0. The fourth-order valence-electron chi connectivity index (χ4n) is 1.73. The summed E-state index contributed by atoms with van der Waals surface area (Å²) in [7, 11) is 0. The molecule has 0 atom stereocenters. The van der Waals surface area contributed by atoms with Crippen molar-refractivity contribution in [3.63, 3.8) is 0 Å². The Kier molecular flexibility index (Phi) is 6.34. The lowest BCUT2D eigenvalue weighted by Gasteiger charge is -2.14. The first-order valence-corrected chi connectivity index (χ1v) is 6.40. The molecule has 0 aliphatic heterocycles. The fraction of sp³-hybridized carbons (Fsp3) is 0.538. The van der Waals surface area contributed by atoms with E-state index in [1.165, 1.54) is 0 Å². The summed E-state index contributed by atoms with van der Waals surface area (Å²) in [5.41, 5.74) is 12.4. The van der Waals surface area contributed by atoms with Crippen LogP contribution in [0.1, 0.15) is 18.9 Å². The molecule has 0 saturated heterocycles. The summed E-state index contributed by atoms with van der Waals surface area (Å²) in [5.74, 6) is 1.27. The van der Waals surface area contributed by atoms with Gasteiger partial charge in [0.15, 0.2) is 0 Å². The van der Waals surface area contributed by atoms with Gasteiger partial charge >= 0.3 is 0 Å². The van der Waals surface area contributed by atoms with E-state index in [1.54, 1.807) is 0 Å². The average Bonchev–Trinajstić information content (AvgIpc) is 2.34. The first-order chi connectivity index (χ1) is 8.21. The van der Waals surface area contributed by atoms with Gasteiger partial charge in [0.05, 0.1) is 6.61 Å². The van der Waals surface area contributed by atoms with Gasteiger partial charge in [-0.3, -0.25) is 0 Å². The minimum absolute atomic E-state index is 0.364. The van der Waals surface area contributed by atoms with Crippen LogP contribution in [0.4, 0.5) is 0 Å². The molecule has 0 radical (unpaired) electrons. The standard InChI is InChI=1S/C13H21ClN2O/c1-2-17-13-6-5-12(14)7-11(13)4-3-10(8-15)9-16/h5-7,10H,2-4,8-9,15-16H2,1H3. The van der Waals surface area contributed by atoms with Crippen LogP contribution in [-0.2, 0) is 6.42 Å². The van der Waals surface area contributed by atoms with Crippen LogP contribution in [0.2, 0.25) is 5.02 Å². The van der Waals surface area contributed by atoms with Gasteiger partial charge in [-0.1, -0.05) is 11.6 Å². The van der Waals surface area contributed by atoms with E-state index in [1.807, 2.05) is 25.1 Å². The number of rotatable bonds is 7. The van der Waals surface area contributed by atoms with Gasteiger partial charge in [-0.05, 0) is 62.5 Å². The molecule has 0 amide bonds. The molecule has 1 aromatic carbocycles. The van der Waals surface area contributed by atoms with Gasteiger partial charge in [0.1, 0.15) is 5.75 Å². The molecule has 0 saturated carbocycles. The third-order valence-corrected chi connectivity index (χ3v) is 3.05. The van der Waals surface area contributed by atoms with Crippen LogP contribution < -0.4 is 16.2 Å². The van der Waals surface area contributed by atoms with E-state index < -0.39 is 0 Å². The summed E-state index contributed by atoms with van der Waals surface area (Å²) in [6.07, 6.45) is 1.86. The number of hydrogen-bond acceptors (Lipinski definition) is 3. The van der Waals surface area contributed by atoms with Gasteiger partial charge in [0.25, 0.3) is 0 Å². The van der Waals surface area contributed by atoms with Crippen molar-refractivity contribution in [2.24, 2.45) is 17.4 Å². The Balaban J connectivity index is 2.70. The van der Waals surface area contributed by atoms with E-state index in [2.05, 4.69) is 0 Å². The van der Waals surface area contributed by atoms with E-state index in [0.717, 1.165) is 29.2 Å². The normalized spacial score (nSPS) is 10.9. The van der Waals surface area contributed by atoms with Crippen molar-refractivity contribution in [1.82, 2.24) is 0 Å². The Bertz CT molecular complexity index is 340. The zero-order valence-electron chi connectivity index (χ0n) is 10.3. The smallest absolute Gasteiger partial charge is 0.122 e. The second-order valence-corrected chi connectivity index (χ2v) is 4.50. The van der Waals surface area contributed by atoms with Crippen LogP contribution in [0.15, 0.2) is 18.2 Å². The Morgan fingerprint density at radius 1 is 1.29 bits per heavy atom. The third kappa shape index (κ3) is 4.54. The van der Waals surface area contributed by atoms with E-state index in [9.17, 15) is 0 Å². The molecule has 0 bridgehead atoms. The minimum Gasteiger partial charge on any atom is -0.494 e. The molecule has 1 rings (SSSR count). The maximum atomic E-state index is 6.00. The Morgan fingerprint density at radius 2 is 2.00 bits per heavy atom. The van der Waals surface area contributed by atoms with Crippen LogP contribution >= 0.6 is 11.6 Å². The zero-order chi connectivity index (χ0) is 12.7. The number of benzene rings is 1. The van der Waals surface area contributed by atoms with Crippen molar-refractivity contribution >= 4 is 11.6 Å². The van der Waals surface area contributed by atoms with Crippen LogP contribution in [-0.4, -0.2) is 19.7 Å². The molecule has 0 spiro atoms. The molecule has 4 N–H and O–H groups in total. The van der Waals surface area contributed by atoms with Gasteiger partial charge in [-0.15, -0.1) is 0 Å². The highest BCUT2D eigenvalue weighted by molar-refractivity contribution is 6.30. The van der Waals surface area contributed by atoms with Gasteiger partial charge < -0.3 is 16.2 Å². The molecule has 0 fully saturated rings. The van der Waals surface area contributed by atoms with Crippen molar-refractivity contribution in [1.29, 1.82) is 0 Å². The second kappa shape index (κ2) is 7.54. The molecular formula is C13H21ClN2O. The van der Waals surface area contributed by atoms with Gasteiger partial charge in [-0.2, -0.15) is 0 Å². The van der Waals surface area contributed by atoms with Crippen molar-refractivity contribution in [3.8, 4) is 5.75 Å². The first-order valence-electron chi connectivity index (χ1n) is 6.02. The lowest BCUT2D eigenvalue weighted by atomic mass is 9.99. The van der Waals surface area contributed by atoms with Crippen molar-refractivity contribution in [2.45, 2.75) is 19.8 Å². The summed E-state index contributed by atoms with van der Waals surface area (Å²) in [6, 6.07) is 5.72. The summed E-state index contributed by atoms with van der Waals surface area (Å²) in [5, 5.41) is 0.737. The average molecular weight is 257 g/mol. The quantitative estimate of drug-likeness (QED) is 0.786. The van der Waals surface area contributed by atoms with Crippen LogP contribution in [0.5, 0.6) is 5.75 Å². The predicted molar refractivity (Wildman–Crippen MR) is 72.5 cm³/mol. The van der Waals surface area contributed by atoms with E-state index >= 15 is 0 Å². The highest BCUT2D eigenvalue weighted by Gasteiger charge is 2.08. The Morgan fingerprint density at radius 3 is 2.59 bits per heavy atom. The summed E-state index contributed by atoms with van der Waals surface area (Å²) in [4.78, 5) is 0. The van der Waals surface area contributed by atoms with Crippen LogP contribution in [0.25, 0.3) is 0 Å². The molecule has 0 unspecified atom stereocenters. The molecular weight excluding hydrogens is 236 g/mol. The topological polar surface area (TPSA) is 61.3 Å². The Labute approximate surface area is 108 Å². The SMILES string of the molecule is CCOc1ccc(Cl)cc1CCC(CN)CN. The molecule has 0 heterocycles. The number of aryl methyl sites for hydroxylation is 1. The third-order valence-electron chi connectivity index (χ3n) is 2.81. The molecule has 1 aromatic rings. The molecule has 17 heavy (non-hydrogen) atoms. The van der Waals surface area contributed by atoms with Gasteiger partial charge in [0.2, 0.25) is 0 Å². The van der Waals surface area contributed by atoms with Crippen molar-refractivity contribution < 1.29 is 4.74 Å². The highest BCUT2D eigenvalue weighted by atomic mass is 35.5. The number of ether oxygens (including phenoxy) is 1. The largest absolute Gasteiger partial charge is 0.494 e. The molecule has 0 aromatic heterocycles. The Hall–Kier alpha value is -0.770. The number of halogens is 1. The molecule has 0 aliphatic rings. The molecule has 0 aliphatic carbocycles. The van der Waals surface area contributed by atoms with Gasteiger partial charge in [-0.25, -0.2) is 0 Å². The molecule has 3 nitrogen and oxygen atoms in total. The first kappa shape index (κ1) is 14.3. The van der Waals surface area contributed by atoms with E-state index in [-0.39, 0.29) is 0 Å².